The molecule has 7 heteroatoms. The third-order valence-corrected chi connectivity index (χ3v) is 5.47. The highest BCUT2D eigenvalue weighted by Crippen LogP contribution is 2.38. The van der Waals surface area contributed by atoms with Crippen LogP contribution in [0, 0.1) is 0 Å². The highest BCUT2D eigenvalue weighted by atomic mass is 35.5. The van der Waals surface area contributed by atoms with Crippen molar-refractivity contribution in [2.75, 3.05) is 6.61 Å². The Morgan fingerprint density at radius 3 is 2.63 bits per heavy atom. The van der Waals surface area contributed by atoms with Gasteiger partial charge in [-0.15, -0.1) is 0 Å². The molecular formula is C23H20ClN3O3. The molecule has 30 heavy (non-hydrogen) atoms. The number of nitrogens with zero attached hydrogens (tertiary/aromatic N) is 2. The van der Waals surface area contributed by atoms with Crippen LogP contribution in [0.3, 0.4) is 0 Å². The van der Waals surface area contributed by atoms with Gasteiger partial charge in [-0.25, -0.2) is 14.8 Å². The number of nitrogens with one attached hydrogen (secondary N) is 1. The molecule has 0 aliphatic heterocycles. The van der Waals surface area contributed by atoms with Crippen LogP contribution in [0.2, 0.25) is 5.02 Å². The molecular weight excluding hydrogens is 402 g/mol. The number of hydrogen-bond acceptors (Lipinski definition) is 5. The second-order valence-electron chi connectivity index (χ2n) is 6.99. The van der Waals surface area contributed by atoms with E-state index in [0.29, 0.717) is 18.7 Å². The molecule has 2 aromatic carbocycles. The van der Waals surface area contributed by atoms with Crippen molar-refractivity contribution in [2.24, 2.45) is 0 Å². The summed E-state index contributed by atoms with van der Waals surface area (Å²) in [5.74, 6) is -0.664. The summed E-state index contributed by atoms with van der Waals surface area (Å²) in [6, 6.07) is 16.8. The van der Waals surface area contributed by atoms with Crippen LogP contribution in [-0.2, 0) is 21.5 Å². The van der Waals surface area contributed by atoms with Crippen LogP contribution in [-0.4, -0.2) is 28.5 Å². The summed E-state index contributed by atoms with van der Waals surface area (Å²) in [5, 5.41) is 2.99. The minimum atomic E-state index is -1.27. The molecule has 0 saturated carbocycles. The summed E-state index contributed by atoms with van der Waals surface area (Å²) in [4.78, 5) is 34.8. The van der Waals surface area contributed by atoms with Gasteiger partial charge >= 0.3 is 5.97 Å². The zero-order valence-electron chi connectivity index (χ0n) is 16.4. The molecule has 152 valence electrons. The molecule has 1 aromatic heterocycles. The van der Waals surface area contributed by atoms with Gasteiger partial charge in [0.25, 0.3) is 5.91 Å². The van der Waals surface area contributed by atoms with Crippen molar-refractivity contribution in [3.05, 3.63) is 82.6 Å². The maximum Gasteiger partial charge on any atom is 0.336 e. The molecule has 0 radical (unpaired) electrons. The quantitative estimate of drug-likeness (QED) is 0.631. The van der Waals surface area contributed by atoms with Crippen LogP contribution >= 0.6 is 11.6 Å². The van der Waals surface area contributed by atoms with Gasteiger partial charge in [-0.2, -0.15) is 0 Å². The Kier molecular flexibility index (Phi) is 5.50. The second-order valence-corrected chi connectivity index (χ2v) is 7.40. The molecule has 1 aliphatic rings. The van der Waals surface area contributed by atoms with Crippen LogP contribution in [0.1, 0.15) is 35.0 Å². The number of carbonyl (C=O) groups excluding carboxylic acids is 2. The third-order valence-electron chi connectivity index (χ3n) is 5.19. The van der Waals surface area contributed by atoms with Crippen molar-refractivity contribution in [2.45, 2.75) is 25.3 Å². The monoisotopic (exact) mass is 421 g/mol. The van der Waals surface area contributed by atoms with Gasteiger partial charge in [-0.1, -0.05) is 66.2 Å². The number of aryl methyl sites for hydroxylation is 1. The molecule has 4 rings (SSSR count). The second kappa shape index (κ2) is 8.24. The number of ether oxygens (including phenoxy) is 1. The first-order chi connectivity index (χ1) is 14.5. The normalized spacial score (nSPS) is 17.3. The van der Waals surface area contributed by atoms with E-state index in [1.807, 2.05) is 54.6 Å². The SMILES string of the molecule is CCOC(=O)C1(NC(=O)c2nc(-c3ccccc3)ncc2Cl)CCc2ccccc21. The van der Waals surface area contributed by atoms with Crippen molar-refractivity contribution in [3.63, 3.8) is 0 Å². The number of hydrogen-bond donors (Lipinski definition) is 1. The van der Waals surface area contributed by atoms with E-state index in [2.05, 4.69) is 15.3 Å². The fraction of sp³-hybridized carbons (Fsp3) is 0.217. The lowest BCUT2D eigenvalue weighted by atomic mass is 9.91. The summed E-state index contributed by atoms with van der Waals surface area (Å²) in [5.41, 5.74) is 1.24. The molecule has 1 unspecified atom stereocenters. The molecule has 6 nitrogen and oxygen atoms in total. The Hall–Kier alpha value is -3.25. The fourth-order valence-electron chi connectivity index (χ4n) is 3.76. The number of rotatable bonds is 5. The molecule has 1 heterocycles. The van der Waals surface area contributed by atoms with Crippen LogP contribution < -0.4 is 5.32 Å². The minimum Gasteiger partial charge on any atom is -0.464 e. The molecule has 0 saturated heterocycles. The van der Waals surface area contributed by atoms with Gasteiger partial charge in [-0.05, 0) is 30.9 Å². The predicted octanol–water partition coefficient (Wildman–Crippen LogP) is 3.93. The van der Waals surface area contributed by atoms with E-state index >= 15 is 0 Å². The van der Waals surface area contributed by atoms with E-state index in [1.165, 1.54) is 6.20 Å². The number of esters is 1. The first kappa shape index (κ1) is 20.0. The van der Waals surface area contributed by atoms with Gasteiger partial charge in [0.05, 0.1) is 17.8 Å². The number of fused-ring (bicyclic) bond motifs is 1. The van der Waals surface area contributed by atoms with Gasteiger partial charge in [0, 0.05) is 5.56 Å². The van der Waals surface area contributed by atoms with Crippen LogP contribution in [0.4, 0.5) is 0 Å². The summed E-state index contributed by atoms with van der Waals surface area (Å²) in [7, 11) is 0. The van der Waals surface area contributed by atoms with Crippen LogP contribution in [0.15, 0.2) is 60.8 Å². The lowest BCUT2D eigenvalue weighted by molar-refractivity contribution is -0.151. The Labute approximate surface area is 179 Å². The average molecular weight is 422 g/mol. The number of aromatic nitrogens is 2. The van der Waals surface area contributed by atoms with E-state index < -0.39 is 17.4 Å². The zero-order valence-corrected chi connectivity index (χ0v) is 17.1. The lowest BCUT2D eigenvalue weighted by Crippen LogP contribution is -2.51. The largest absolute Gasteiger partial charge is 0.464 e. The third kappa shape index (κ3) is 3.55. The fourth-order valence-corrected chi connectivity index (χ4v) is 3.94. The molecule has 1 atom stereocenters. The number of carbonyl (C=O) groups is 2. The van der Waals surface area contributed by atoms with E-state index in [1.54, 1.807) is 6.92 Å². The predicted molar refractivity (Wildman–Crippen MR) is 113 cm³/mol. The standard InChI is InChI=1S/C23H20ClN3O3/c1-2-30-22(29)23(13-12-15-8-6-7-11-17(15)23)27-21(28)19-18(24)14-25-20(26-19)16-9-4-3-5-10-16/h3-11,14H,2,12-13H2,1H3,(H,27,28). The summed E-state index contributed by atoms with van der Waals surface area (Å²) in [6.45, 7) is 1.95. The molecule has 0 fully saturated rings. The van der Waals surface area contributed by atoms with Crippen molar-refractivity contribution in [3.8, 4) is 11.4 Å². The van der Waals surface area contributed by atoms with E-state index in [9.17, 15) is 9.59 Å². The van der Waals surface area contributed by atoms with Crippen LogP contribution in [0.5, 0.6) is 0 Å². The van der Waals surface area contributed by atoms with Crippen molar-refractivity contribution < 1.29 is 14.3 Å². The number of amides is 1. The molecule has 0 spiro atoms. The van der Waals surface area contributed by atoms with Gasteiger partial charge in [0.15, 0.2) is 17.1 Å². The Bertz CT molecular complexity index is 1100. The summed E-state index contributed by atoms with van der Waals surface area (Å²) in [6.07, 6.45) is 2.46. The van der Waals surface area contributed by atoms with Gasteiger partial charge in [0.2, 0.25) is 0 Å². The first-order valence-corrected chi connectivity index (χ1v) is 10.1. The number of halogens is 1. The molecule has 3 aromatic rings. The minimum absolute atomic E-state index is 0.0126. The highest BCUT2D eigenvalue weighted by Gasteiger charge is 2.48. The van der Waals surface area contributed by atoms with E-state index in [-0.39, 0.29) is 17.3 Å². The van der Waals surface area contributed by atoms with Crippen molar-refractivity contribution in [1.29, 1.82) is 0 Å². The molecule has 1 amide bonds. The van der Waals surface area contributed by atoms with Gasteiger partial charge in [0.1, 0.15) is 0 Å². The van der Waals surface area contributed by atoms with E-state index in [4.69, 9.17) is 16.3 Å². The maximum absolute atomic E-state index is 13.2. The van der Waals surface area contributed by atoms with Crippen LogP contribution in [0.25, 0.3) is 11.4 Å². The summed E-state index contributed by atoms with van der Waals surface area (Å²) < 4.78 is 5.33. The van der Waals surface area contributed by atoms with E-state index in [0.717, 1.165) is 16.7 Å². The Balaban J connectivity index is 1.72. The smallest absolute Gasteiger partial charge is 0.336 e. The topological polar surface area (TPSA) is 81.2 Å². The first-order valence-electron chi connectivity index (χ1n) is 9.71. The van der Waals surface area contributed by atoms with Gasteiger partial charge < -0.3 is 10.1 Å². The Morgan fingerprint density at radius 1 is 1.13 bits per heavy atom. The van der Waals surface area contributed by atoms with Crippen molar-refractivity contribution >= 4 is 23.5 Å². The van der Waals surface area contributed by atoms with Gasteiger partial charge in [-0.3, -0.25) is 4.79 Å². The lowest BCUT2D eigenvalue weighted by Gasteiger charge is -2.29. The Morgan fingerprint density at radius 2 is 1.87 bits per heavy atom. The average Bonchev–Trinajstić information content (AvgIpc) is 3.14. The molecule has 0 bridgehead atoms. The highest BCUT2D eigenvalue weighted by molar-refractivity contribution is 6.33. The molecule has 1 aliphatic carbocycles. The zero-order chi connectivity index (χ0) is 21.1. The molecule has 1 N–H and O–H groups in total. The maximum atomic E-state index is 13.2. The summed E-state index contributed by atoms with van der Waals surface area (Å²) >= 11 is 6.25. The number of benzene rings is 2. The van der Waals surface area contributed by atoms with Crippen molar-refractivity contribution in [1.82, 2.24) is 15.3 Å².